The molecule has 0 N–H and O–H groups in total. The van der Waals surface area contributed by atoms with Crippen molar-refractivity contribution in [2.75, 3.05) is 27.9 Å². The fraction of sp³-hybridized carbons (Fsp3) is 0.364. The first-order valence-electron chi connectivity index (χ1n) is 10.1. The van der Waals surface area contributed by atoms with Gasteiger partial charge >= 0.3 is 11.9 Å². The molecule has 0 saturated carbocycles. The number of fused-ring (bicyclic) bond motifs is 1. The first-order valence-corrected chi connectivity index (χ1v) is 8.91. The Morgan fingerprint density at radius 1 is 1.14 bits per heavy atom. The first-order chi connectivity index (χ1) is 14.7. The molecule has 7 heteroatoms. The summed E-state index contributed by atoms with van der Waals surface area (Å²) in [5.41, 5.74) is 1.56. The highest BCUT2D eigenvalue weighted by molar-refractivity contribution is 5.94. The molecule has 3 rings (SSSR count). The second-order valence-electron chi connectivity index (χ2n) is 7.20. The molecular formula is C22H24O7. The third kappa shape index (κ3) is 3.85. The molecule has 0 saturated heterocycles. The van der Waals surface area contributed by atoms with Crippen LogP contribution in [0.1, 0.15) is 32.5 Å². The molecule has 29 heavy (non-hydrogen) atoms. The summed E-state index contributed by atoms with van der Waals surface area (Å²) >= 11 is 0. The second kappa shape index (κ2) is 8.03. The summed E-state index contributed by atoms with van der Waals surface area (Å²) in [7, 11) is 1.10. The van der Waals surface area contributed by atoms with Gasteiger partial charge < -0.3 is 23.7 Å². The van der Waals surface area contributed by atoms with Gasteiger partial charge in [0.2, 0.25) is 5.75 Å². The number of hydrogen-bond acceptors (Lipinski definition) is 7. The first kappa shape index (κ1) is 17.8. The zero-order chi connectivity index (χ0) is 22.8. The van der Waals surface area contributed by atoms with E-state index in [9.17, 15) is 9.59 Å². The van der Waals surface area contributed by atoms with Crippen molar-refractivity contribution < 1.29 is 36.0 Å². The van der Waals surface area contributed by atoms with E-state index in [1.165, 1.54) is 14.2 Å². The van der Waals surface area contributed by atoms with E-state index < -0.39 is 18.4 Å². The molecule has 154 valence electrons. The quantitative estimate of drug-likeness (QED) is 0.655. The Labute approximate surface area is 172 Å². The van der Waals surface area contributed by atoms with E-state index in [1.807, 2.05) is 6.07 Å². The predicted molar refractivity (Wildman–Crippen MR) is 105 cm³/mol. The van der Waals surface area contributed by atoms with Crippen LogP contribution in [0.4, 0.5) is 0 Å². The third-order valence-corrected chi connectivity index (χ3v) is 4.72. The monoisotopic (exact) mass is 402 g/mol. The second-order valence-corrected chi connectivity index (χ2v) is 7.20. The van der Waals surface area contributed by atoms with Gasteiger partial charge in [0.05, 0.1) is 35.0 Å². The number of rotatable bonds is 7. The number of cyclic esters (lactones) is 1. The molecule has 0 amide bonds. The SMILES string of the molecule is [2H]C([2H])Oc1c(OC)ccc(-c2ccc3c(c2)COC3=O)c1OCC(C)(C)C(=O)OC. The van der Waals surface area contributed by atoms with Gasteiger partial charge in [0.1, 0.15) is 13.2 Å². The molecule has 0 aliphatic carbocycles. The zero-order valence-electron chi connectivity index (χ0n) is 18.7. The molecular weight excluding hydrogens is 376 g/mol. The minimum absolute atomic E-state index is 0.0522. The molecule has 0 atom stereocenters. The summed E-state index contributed by atoms with van der Waals surface area (Å²) in [5.74, 6) is -0.261. The van der Waals surface area contributed by atoms with Gasteiger partial charge in [0.25, 0.3) is 0 Å². The molecule has 0 fully saturated rings. The van der Waals surface area contributed by atoms with E-state index in [1.54, 1.807) is 38.1 Å². The molecule has 0 unspecified atom stereocenters. The van der Waals surface area contributed by atoms with Crippen molar-refractivity contribution in [3.8, 4) is 28.4 Å². The van der Waals surface area contributed by atoms with Crippen molar-refractivity contribution in [2.45, 2.75) is 20.5 Å². The van der Waals surface area contributed by atoms with Crippen LogP contribution in [-0.2, 0) is 20.9 Å². The lowest BCUT2D eigenvalue weighted by molar-refractivity contribution is -0.152. The van der Waals surface area contributed by atoms with Crippen LogP contribution in [0.5, 0.6) is 17.2 Å². The number of methoxy groups -OCH3 is 3. The van der Waals surface area contributed by atoms with Gasteiger partial charge in [-0.3, -0.25) is 4.79 Å². The molecule has 0 aromatic heterocycles. The maximum Gasteiger partial charge on any atom is 0.338 e. The lowest BCUT2D eigenvalue weighted by Gasteiger charge is -2.24. The number of ether oxygens (including phenoxy) is 5. The Morgan fingerprint density at radius 2 is 1.90 bits per heavy atom. The van der Waals surface area contributed by atoms with Crippen molar-refractivity contribution in [3.05, 3.63) is 41.5 Å². The normalized spacial score (nSPS) is 13.9. The number of esters is 2. The van der Waals surface area contributed by atoms with Crippen LogP contribution in [-0.4, -0.2) is 39.8 Å². The standard InChI is InChI=1S/C22H24O7/c1-22(2,21(24)27-5)12-29-18-15(8-9-17(25-3)19(18)26-4)13-6-7-16-14(10-13)11-28-20(16)23/h6-10H,11-12H2,1-5H3/i4D2. The highest BCUT2D eigenvalue weighted by Gasteiger charge is 2.31. The Bertz CT molecular complexity index is 1000. The molecule has 2 aromatic carbocycles. The van der Waals surface area contributed by atoms with Crippen LogP contribution in [0, 0.1) is 5.41 Å². The lowest BCUT2D eigenvalue weighted by atomic mass is 9.95. The van der Waals surface area contributed by atoms with Crippen LogP contribution in [0.3, 0.4) is 0 Å². The predicted octanol–water partition coefficient (Wildman–Crippen LogP) is 3.62. The van der Waals surface area contributed by atoms with Gasteiger partial charge in [-0.1, -0.05) is 6.07 Å². The minimum Gasteiger partial charge on any atom is -0.493 e. The van der Waals surface area contributed by atoms with Crippen molar-refractivity contribution in [1.29, 1.82) is 0 Å². The average Bonchev–Trinajstić information content (AvgIpc) is 3.11. The number of hydrogen-bond donors (Lipinski definition) is 0. The number of carbonyl (C=O) groups is 2. The third-order valence-electron chi connectivity index (χ3n) is 4.72. The van der Waals surface area contributed by atoms with E-state index in [0.29, 0.717) is 16.7 Å². The van der Waals surface area contributed by atoms with E-state index in [0.717, 1.165) is 5.56 Å². The van der Waals surface area contributed by atoms with Crippen LogP contribution in [0.2, 0.25) is 0 Å². The molecule has 0 radical (unpaired) electrons. The van der Waals surface area contributed by atoms with Crippen LogP contribution in [0.25, 0.3) is 11.1 Å². The van der Waals surface area contributed by atoms with Crippen LogP contribution < -0.4 is 14.2 Å². The highest BCUT2D eigenvalue weighted by Crippen LogP contribution is 2.45. The summed E-state index contributed by atoms with van der Waals surface area (Å²) in [4.78, 5) is 23.9. The van der Waals surface area contributed by atoms with E-state index in [4.69, 9.17) is 26.4 Å². The van der Waals surface area contributed by atoms with E-state index >= 15 is 0 Å². The molecule has 2 aromatic rings. The average molecular weight is 402 g/mol. The molecule has 1 aliphatic rings. The number of benzene rings is 2. The minimum atomic E-state index is -1.63. The Morgan fingerprint density at radius 3 is 2.59 bits per heavy atom. The summed E-state index contributed by atoms with van der Waals surface area (Å²) in [6, 6.07) is 8.61. The summed E-state index contributed by atoms with van der Waals surface area (Å²) < 4.78 is 41.7. The Kier molecular flexibility index (Phi) is 4.94. The van der Waals surface area contributed by atoms with Gasteiger partial charge in [-0.25, -0.2) is 4.79 Å². The van der Waals surface area contributed by atoms with Crippen LogP contribution in [0.15, 0.2) is 30.3 Å². The Balaban J connectivity index is 2.10. The Hall–Kier alpha value is -3.22. The van der Waals surface area contributed by atoms with E-state index in [2.05, 4.69) is 0 Å². The topological polar surface area (TPSA) is 80.3 Å². The maximum atomic E-state index is 12.1. The van der Waals surface area contributed by atoms with Gasteiger partial charge in [-0.05, 0) is 43.7 Å². The summed E-state index contributed by atoms with van der Waals surface area (Å²) in [6.07, 6.45) is 0. The van der Waals surface area contributed by atoms with Gasteiger partial charge in [0.15, 0.2) is 11.5 Å². The molecule has 1 heterocycles. The summed E-state index contributed by atoms with van der Waals surface area (Å²) in [6.45, 7) is 3.47. The van der Waals surface area contributed by atoms with Crippen molar-refractivity contribution >= 4 is 11.9 Å². The highest BCUT2D eigenvalue weighted by atomic mass is 16.5. The van der Waals surface area contributed by atoms with Crippen molar-refractivity contribution in [3.63, 3.8) is 0 Å². The fourth-order valence-electron chi connectivity index (χ4n) is 3.08. The molecule has 0 spiro atoms. The van der Waals surface area contributed by atoms with Gasteiger partial charge in [0, 0.05) is 11.1 Å². The smallest absolute Gasteiger partial charge is 0.338 e. The molecule has 0 bridgehead atoms. The maximum absolute atomic E-state index is 12.1. The largest absolute Gasteiger partial charge is 0.493 e. The van der Waals surface area contributed by atoms with Gasteiger partial charge in [-0.2, -0.15) is 0 Å². The van der Waals surface area contributed by atoms with Crippen molar-refractivity contribution in [2.24, 2.45) is 5.41 Å². The molecule has 7 nitrogen and oxygen atoms in total. The number of carbonyl (C=O) groups excluding carboxylic acids is 2. The van der Waals surface area contributed by atoms with Crippen molar-refractivity contribution in [1.82, 2.24) is 0 Å². The lowest BCUT2D eigenvalue weighted by Crippen LogP contribution is -2.32. The summed E-state index contributed by atoms with van der Waals surface area (Å²) in [5, 5.41) is 0. The van der Waals surface area contributed by atoms with Gasteiger partial charge in [-0.15, -0.1) is 0 Å². The van der Waals surface area contributed by atoms with E-state index in [-0.39, 0.29) is 36.4 Å². The molecule has 1 aliphatic heterocycles. The van der Waals surface area contributed by atoms with Crippen LogP contribution >= 0.6 is 0 Å². The fourth-order valence-corrected chi connectivity index (χ4v) is 3.08. The zero-order valence-corrected chi connectivity index (χ0v) is 16.7.